The molecule has 1 fully saturated rings. The molecular formula is C23H12Cl5F4N3O2. The minimum atomic E-state index is -2.08. The summed E-state index contributed by atoms with van der Waals surface area (Å²) in [5.41, 5.74) is 2.66. The number of anilines is 3. The Morgan fingerprint density at radius 2 is 1.46 bits per heavy atom. The van der Waals surface area contributed by atoms with Gasteiger partial charge in [-0.2, -0.15) is 0 Å². The molecule has 2 unspecified atom stereocenters. The fourth-order valence-corrected chi connectivity index (χ4v) is 5.34. The summed E-state index contributed by atoms with van der Waals surface area (Å²) in [6.45, 7) is 0. The Bertz CT molecular complexity index is 1420. The first-order valence-electron chi connectivity index (χ1n) is 10.1. The molecule has 2 atom stereocenters. The SMILES string of the molecule is Nc1c(F)c(F)c(F)c(NC(=O)c2cc(NC(=O)C3C(c4cc(Cl)cc(Cl)c4)C3(Cl)Cl)ccc2Cl)c1F. The minimum Gasteiger partial charge on any atom is -0.394 e. The van der Waals surface area contributed by atoms with Crippen molar-refractivity contribution in [3.05, 3.63) is 85.9 Å². The second-order valence-corrected chi connectivity index (χ2v) is 10.7. The molecule has 0 heterocycles. The minimum absolute atomic E-state index is 0.0456. The quantitative estimate of drug-likeness (QED) is 0.0911. The topological polar surface area (TPSA) is 84.2 Å². The molecule has 194 valence electrons. The summed E-state index contributed by atoms with van der Waals surface area (Å²) in [4.78, 5) is 25.6. The Labute approximate surface area is 231 Å². The summed E-state index contributed by atoms with van der Waals surface area (Å²) in [6.07, 6.45) is 0. The lowest BCUT2D eigenvalue weighted by Gasteiger charge is -2.13. The number of halogens is 9. The van der Waals surface area contributed by atoms with Gasteiger partial charge in [0.2, 0.25) is 5.91 Å². The van der Waals surface area contributed by atoms with Crippen LogP contribution in [0.5, 0.6) is 0 Å². The maximum Gasteiger partial charge on any atom is 0.257 e. The number of hydrogen-bond donors (Lipinski definition) is 3. The maximum atomic E-state index is 14.2. The number of rotatable bonds is 5. The summed E-state index contributed by atoms with van der Waals surface area (Å²) < 4.78 is 53.9. The van der Waals surface area contributed by atoms with Gasteiger partial charge in [0.25, 0.3) is 5.91 Å². The molecule has 1 saturated carbocycles. The van der Waals surface area contributed by atoms with E-state index in [0.29, 0.717) is 15.6 Å². The van der Waals surface area contributed by atoms with E-state index in [1.165, 1.54) is 18.2 Å². The Morgan fingerprint density at radius 3 is 2.08 bits per heavy atom. The van der Waals surface area contributed by atoms with Gasteiger partial charge in [-0.05, 0) is 42.0 Å². The summed E-state index contributed by atoms with van der Waals surface area (Å²) in [5.74, 6) is -11.1. The van der Waals surface area contributed by atoms with Crippen molar-refractivity contribution in [2.24, 2.45) is 5.92 Å². The van der Waals surface area contributed by atoms with Crippen molar-refractivity contribution in [2.75, 3.05) is 16.4 Å². The molecular weight excluding hydrogens is 604 g/mol. The van der Waals surface area contributed by atoms with Gasteiger partial charge in [-0.25, -0.2) is 17.6 Å². The number of hydrogen-bond acceptors (Lipinski definition) is 3. The highest BCUT2D eigenvalue weighted by Crippen LogP contribution is 2.65. The molecule has 3 aromatic rings. The molecule has 0 bridgehead atoms. The van der Waals surface area contributed by atoms with Crippen molar-refractivity contribution in [1.29, 1.82) is 0 Å². The number of nitrogen functional groups attached to an aromatic ring is 1. The molecule has 1 aliphatic carbocycles. The highest BCUT2D eigenvalue weighted by molar-refractivity contribution is 6.53. The van der Waals surface area contributed by atoms with E-state index in [1.807, 2.05) is 0 Å². The second-order valence-electron chi connectivity index (χ2n) is 8.02. The number of nitrogens with one attached hydrogen (secondary N) is 2. The summed E-state index contributed by atoms with van der Waals surface area (Å²) in [7, 11) is 0. The number of amides is 2. The van der Waals surface area contributed by atoms with Gasteiger partial charge in [-0.15, -0.1) is 23.2 Å². The van der Waals surface area contributed by atoms with E-state index in [1.54, 1.807) is 17.4 Å². The average molecular weight is 616 g/mol. The van der Waals surface area contributed by atoms with Gasteiger partial charge in [-0.1, -0.05) is 34.8 Å². The Balaban J connectivity index is 1.56. The second kappa shape index (κ2) is 10.0. The summed E-state index contributed by atoms with van der Waals surface area (Å²) >= 11 is 30.7. The molecule has 2 amide bonds. The fraction of sp³-hybridized carbons (Fsp3) is 0.130. The van der Waals surface area contributed by atoms with Crippen LogP contribution >= 0.6 is 58.0 Å². The highest BCUT2D eigenvalue weighted by Gasteiger charge is 2.67. The third-order valence-electron chi connectivity index (χ3n) is 5.59. The molecule has 4 N–H and O–H groups in total. The van der Waals surface area contributed by atoms with E-state index >= 15 is 0 Å². The van der Waals surface area contributed by atoms with Crippen LogP contribution in [-0.2, 0) is 4.79 Å². The predicted octanol–water partition coefficient (Wildman–Crippen LogP) is 7.56. The van der Waals surface area contributed by atoms with Crippen molar-refractivity contribution < 1.29 is 27.2 Å². The van der Waals surface area contributed by atoms with Crippen molar-refractivity contribution in [2.45, 2.75) is 10.3 Å². The molecule has 37 heavy (non-hydrogen) atoms. The van der Waals surface area contributed by atoms with Crippen molar-refractivity contribution >= 4 is 86.9 Å². The molecule has 3 aromatic carbocycles. The standard InChI is InChI=1S/C23H12Cl5F4N3O2/c24-8-3-7(4-9(25)5-8)13-14(23(13,27)28)22(37)34-10-1-2-12(26)11(6-10)21(36)35-20-17(31)15(29)16(30)19(33)18(20)32/h1-6,13-14H,33H2,(H,34,37)(H,35,36). The first-order valence-corrected chi connectivity index (χ1v) is 12.0. The van der Waals surface area contributed by atoms with Gasteiger partial charge in [0.1, 0.15) is 15.7 Å². The monoisotopic (exact) mass is 613 g/mol. The Kier molecular flexibility index (Phi) is 7.49. The lowest BCUT2D eigenvalue weighted by atomic mass is 10.1. The van der Waals surface area contributed by atoms with E-state index in [4.69, 9.17) is 63.7 Å². The largest absolute Gasteiger partial charge is 0.394 e. The molecule has 0 saturated heterocycles. The van der Waals surface area contributed by atoms with Gasteiger partial charge in [0.15, 0.2) is 23.3 Å². The van der Waals surface area contributed by atoms with Crippen LogP contribution in [0.1, 0.15) is 21.8 Å². The van der Waals surface area contributed by atoms with E-state index in [9.17, 15) is 27.2 Å². The van der Waals surface area contributed by atoms with Crippen LogP contribution in [-0.4, -0.2) is 16.1 Å². The lowest BCUT2D eigenvalue weighted by molar-refractivity contribution is -0.117. The van der Waals surface area contributed by atoms with Crippen molar-refractivity contribution in [3.63, 3.8) is 0 Å². The van der Waals surface area contributed by atoms with E-state index < -0.39 is 62.6 Å². The zero-order chi connectivity index (χ0) is 27.4. The van der Waals surface area contributed by atoms with E-state index in [2.05, 4.69) is 5.32 Å². The van der Waals surface area contributed by atoms with Crippen LogP contribution in [0.3, 0.4) is 0 Å². The van der Waals surface area contributed by atoms with Gasteiger partial charge in [0.05, 0.1) is 16.5 Å². The van der Waals surface area contributed by atoms with Gasteiger partial charge < -0.3 is 16.4 Å². The maximum absolute atomic E-state index is 14.2. The predicted molar refractivity (Wildman–Crippen MR) is 136 cm³/mol. The molecule has 0 aliphatic heterocycles. The molecule has 0 spiro atoms. The molecule has 0 aromatic heterocycles. The molecule has 0 radical (unpaired) electrons. The molecule has 14 heteroatoms. The summed E-state index contributed by atoms with van der Waals surface area (Å²) in [6, 6.07) is 8.28. The third-order valence-corrected chi connectivity index (χ3v) is 7.30. The Hall–Kier alpha value is -2.43. The first kappa shape index (κ1) is 27.6. The smallest absolute Gasteiger partial charge is 0.257 e. The van der Waals surface area contributed by atoms with Crippen LogP contribution in [0.4, 0.5) is 34.6 Å². The summed E-state index contributed by atoms with van der Waals surface area (Å²) in [5, 5.41) is 4.76. The average Bonchev–Trinajstić information content (AvgIpc) is 3.41. The van der Waals surface area contributed by atoms with Crippen LogP contribution in [0.2, 0.25) is 15.1 Å². The molecule has 4 rings (SSSR count). The van der Waals surface area contributed by atoms with Crippen LogP contribution in [0.25, 0.3) is 0 Å². The number of carbonyl (C=O) groups is 2. The number of alkyl halides is 2. The Morgan fingerprint density at radius 1 is 0.838 bits per heavy atom. The fourth-order valence-electron chi connectivity index (χ4n) is 3.76. The van der Waals surface area contributed by atoms with Crippen LogP contribution in [0.15, 0.2) is 36.4 Å². The zero-order valence-corrected chi connectivity index (χ0v) is 21.7. The van der Waals surface area contributed by atoms with Gasteiger partial charge in [-0.3, -0.25) is 9.59 Å². The molecule has 5 nitrogen and oxygen atoms in total. The van der Waals surface area contributed by atoms with E-state index in [-0.39, 0.29) is 16.3 Å². The number of nitrogens with two attached hydrogens (primary N) is 1. The van der Waals surface area contributed by atoms with Gasteiger partial charge in [0, 0.05) is 21.7 Å². The van der Waals surface area contributed by atoms with Crippen LogP contribution < -0.4 is 16.4 Å². The highest BCUT2D eigenvalue weighted by atomic mass is 35.5. The van der Waals surface area contributed by atoms with E-state index in [0.717, 1.165) is 6.07 Å². The number of carbonyl (C=O) groups excluding carboxylic acids is 2. The normalized spacial score (nSPS) is 17.9. The van der Waals surface area contributed by atoms with Crippen molar-refractivity contribution in [1.82, 2.24) is 0 Å². The number of benzene rings is 3. The molecule has 1 aliphatic rings. The lowest BCUT2D eigenvalue weighted by Crippen LogP contribution is -2.19. The van der Waals surface area contributed by atoms with Crippen molar-refractivity contribution in [3.8, 4) is 0 Å². The zero-order valence-electron chi connectivity index (χ0n) is 17.9. The van der Waals surface area contributed by atoms with Crippen LogP contribution in [0, 0.1) is 29.2 Å². The van der Waals surface area contributed by atoms with Gasteiger partial charge >= 0.3 is 0 Å². The third kappa shape index (κ3) is 5.15. The first-order chi connectivity index (χ1) is 17.2.